The van der Waals surface area contributed by atoms with E-state index in [9.17, 15) is 14.7 Å². The number of hydrogen-bond donors (Lipinski definition) is 3. The van der Waals surface area contributed by atoms with Gasteiger partial charge in [-0.05, 0) is 13.8 Å². The molecule has 0 aliphatic carbocycles. The van der Waals surface area contributed by atoms with Gasteiger partial charge in [-0.15, -0.1) is 11.3 Å². The zero-order chi connectivity index (χ0) is 14.8. The molecule has 7 nitrogen and oxygen atoms in total. The summed E-state index contributed by atoms with van der Waals surface area (Å²) >= 11 is 1.43. The summed E-state index contributed by atoms with van der Waals surface area (Å²) in [5, 5.41) is 17.1. The third-order valence-corrected chi connectivity index (χ3v) is 4.27. The molecule has 0 saturated carbocycles. The first-order chi connectivity index (χ1) is 9.36. The summed E-state index contributed by atoms with van der Waals surface area (Å²) in [5.74, 6) is -1.09. The zero-order valence-electron chi connectivity index (χ0n) is 11.3. The number of carboxylic acid groups (broad SMARTS) is 1. The quantitative estimate of drug-likeness (QED) is 0.767. The Morgan fingerprint density at radius 3 is 2.80 bits per heavy atom. The van der Waals surface area contributed by atoms with E-state index in [0.29, 0.717) is 6.61 Å². The molecular weight excluding hydrogens is 282 g/mol. The van der Waals surface area contributed by atoms with Crippen LogP contribution >= 0.6 is 11.3 Å². The molecule has 3 N–H and O–H groups in total. The van der Waals surface area contributed by atoms with Gasteiger partial charge in [-0.2, -0.15) is 0 Å². The van der Waals surface area contributed by atoms with Gasteiger partial charge in [0.05, 0.1) is 12.1 Å². The van der Waals surface area contributed by atoms with Gasteiger partial charge in [0, 0.05) is 24.6 Å². The summed E-state index contributed by atoms with van der Waals surface area (Å²) in [4.78, 5) is 27.5. The minimum atomic E-state index is -1.34. The average Bonchev–Trinajstić information content (AvgIpc) is 2.98. The van der Waals surface area contributed by atoms with E-state index in [2.05, 4.69) is 15.6 Å². The maximum absolute atomic E-state index is 12.1. The summed E-state index contributed by atoms with van der Waals surface area (Å²) in [5.41, 5.74) is -2.01. The van der Waals surface area contributed by atoms with Gasteiger partial charge in [-0.25, -0.2) is 14.6 Å². The second-order valence-electron chi connectivity index (χ2n) is 5.23. The Kier molecular flexibility index (Phi) is 3.96. The van der Waals surface area contributed by atoms with Crippen LogP contribution < -0.4 is 10.6 Å². The van der Waals surface area contributed by atoms with Gasteiger partial charge in [0.25, 0.3) is 0 Å². The van der Waals surface area contributed by atoms with Crippen molar-refractivity contribution in [3.8, 4) is 0 Å². The Balaban J connectivity index is 2.04. The van der Waals surface area contributed by atoms with Crippen molar-refractivity contribution in [3.63, 3.8) is 0 Å². The van der Waals surface area contributed by atoms with Gasteiger partial charge in [0.2, 0.25) is 0 Å². The summed E-state index contributed by atoms with van der Waals surface area (Å²) in [6.45, 7) is 3.92. The Morgan fingerprint density at radius 2 is 2.30 bits per heavy atom. The fourth-order valence-electron chi connectivity index (χ4n) is 2.00. The molecule has 2 amide bonds. The predicted molar refractivity (Wildman–Crippen MR) is 72.6 cm³/mol. The van der Waals surface area contributed by atoms with E-state index in [1.165, 1.54) is 11.3 Å². The monoisotopic (exact) mass is 299 g/mol. The lowest BCUT2D eigenvalue weighted by Gasteiger charge is -2.28. The molecule has 1 aliphatic rings. The van der Waals surface area contributed by atoms with Crippen LogP contribution in [-0.2, 0) is 15.1 Å². The molecule has 1 aliphatic heterocycles. The second kappa shape index (κ2) is 5.37. The smallest absolute Gasteiger partial charge is 0.332 e. The molecule has 110 valence electrons. The van der Waals surface area contributed by atoms with Crippen molar-refractivity contribution in [3.05, 3.63) is 16.6 Å². The highest BCUT2D eigenvalue weighted by Gasteiger charge is 2.44. The molecule has 1 fully saturated rings. The summed E-state index contributed by atoms with van der Waals surface area (Å²) in [6.07, 6.45) is 1.91. The summed E-state index contributed by atoms with van der Waals surface area (Å²) < 4.78 is 5.09. The lowest BCUT2D eigenvalue weighted by atomic mass is 9.99. The van der Waals surface area contributed by atoms with Gasteiger partial charge in [0.1, 0.15) is 5.01 Å². The highest BCUT2D eigenvalue weighted by atomic mass is 32.1. The third kappa shape index (κ3) is 2.91. The van der Waals surface area contributed by atoms with Crippen LogP contribution in [0.15, 0.2) is 11.6 Å². The van der Waals surface area contributed by atoms with Crippen LogP contribution in [0.2, 0.25) is 0 Å². The number of aromatic nitrogens is 1. The minimum absolute atomic E-state index is 0.0204. The number of carboxylic acids is 1. The topological polar surface area (TPSA) is 101 Å². The van der Waals surface area contributed by atoms with Crippen molar-refractivity contribution in [2.24, 2.45) is 0 Å². The van der Waals surface area contributed by atoms with Gasteiger partial charge in [-0.1, -0.05) is 0 Å². The molecule has 0 spiro atoms. The van der Waals surface area contributed by atoms with Crippen LogP contribution in [0.1, 0.15) is 25.3 Å². The number of rotatable bonds is 4. The molecule has 1 aromatic rings. The van der Waals surface area contributed by atoms with Gasteiger partial charge >= 0.3 is 12.0 Å². The number of carbonyl (C=O) groups excluding carboxylic acids is 1. The Morgan fingerprint density at radius 1 is 1.55 bits per heavy atom. The average molecular weight is 299 g/mol. The van der Waals surface area contributed by atoms with Crippen molar-refractivity contribution in [1.29, 1.82) is 0 Å². The molecular formula is C12H17N3O4S. The second-order valence-corrected chi connectivity index (χ2v) is 6.13. The fourth-order valence-corrected chi connectivity index (χ4v) is 2.72. The first kappa shape index (κ1) is 14.7. The molecule has 8 heteroatoms. The third-order valence-electron chi connectivity index (χ3n) is 3.18. The van der Waals surface area contributed by atoms with E-state index >= 15 is 0 Å². The largest absolute Gasteiger partial charge is 0.479 e. The molecule has 1 aromatic heterocycles. The Bertz CT molecular complexity index is 495. The zero-order valence-corrected chi connectivity index (χ0v) is 12.1. The molecule has 0 bridgehead atoms. The molecule has 0 aromatic carbocycles. The summed E-state index contributed by atoms with van der Waals surface area (Å²) in [6, 6.07) is -0.543. The predicted octanol–water partition coefficient (Wildman–Crippen LogP) is 0.921. The van der Waals surface area contributed by atoms with Crippen LogP contribution in [0.4, 0.5) is 4.79 Å². The maximum atomic E-state index is 12.1. The highest BCUT2D eigenvalue weighted by Crippen LogP contribution is 2.23. The lowest BCUT2D eigenvalue weighted by Crippen LogP contribution is -2.59. The number of amides is 2. The van der Waals surface area contributed by atoms with Crippen LogP contribution in [0.25, 0.3) is 0 Å². The van der Waals surface area contributed by atoms with E-state index in [0.717, 1.165) is 5.01 Å². The highest BCUT2D eigenvalue weighted by molar-refractivity contribution is 7.09. The number of nitrogens with one attached hydrogen (secondary N) is 2. The number of thiazole rings is 1. The van der Waals surface area contributed by atoms with Crippen molar-refractivity contribution < 1.29 is 19.4 Å². The molecule has 0 radical (unpaired) electrons. The van der Waals surface area contributed by atoms with Crippen LogP contribution in [0, 0.1) is 0 Å². The Hall–Kier alpha value is -1.67. The first-order valence-electron chi connectivity index (χ1n) is 6.17. The molecule has 2 heterocycles. The first-order valence-corrected chi connectivity index (χ1v) is 7.05. The summed E-state index contributed by atoms with van der Waals surface area (Å²) in [7, 11) is 0. The van der Waals surface area contributed by atoms with Crippen LogP contribution in [0.5, 0.6) is 0 Å². The van der Waals surface area contributed by atoms with Crippen LogP contribution in [0.3, 0.4) is 0 Å². The normalized spacial score (nSPS) is 22.5. The molecule has 2 rings (SSSR count). The van der Waals surface area contributed by atoms with Crippen molar-refractivity contribution >= 4 is 23.3 Å². The fraction of sp³-hybridized carbons (Fsp3) is 0.583. The number of nitrogens with zero attached hydrogens (tertiary/aromatic N) is 1. The van der Waals surface area contributed by atoms with Crippen LogP contribution in [-0.4, -0.2) is 40.8 Å². The number of carbonyl (C=O) groups is 2. The van der Waals surface area contributed by atoms with E-state index in [4.69, 9.17) is 4.74 Å². The van der Waals surface area contributed by atoms with Gasteiger partial charge in [0.15, 0.2) is 5.54 Å². The van der Waals surface area contributed by atoms with E-state index < -0.39 is 23.1 Å². The number of hydrogen-bond acceptors (Lipinski definition) is 5. The molecule has 1 unspecified atom stereocenters. The minimum Gasteiger partial charge on any atom is -0.479 e. The number of ether oxygens (including phenoxy) is 1. The van der Waals surface area contributed by atoms with Gasteiger partial charge < -0.3 is 20.5 Å². The van der Waals surface area contributed by atoms with Gasteiger partial charge in [-0.3, -0.25) is 0 Å². The molecule has 1 saturated heterocycles. The molecule has 20 heavy (non-hydrogen) atoms. The molecule has 1 atom stereocenters. The van der Waals surface area contributed by atoms with E-state index in [1.54, 1.807) is 6.20 Å². The van der Waals surface area contributed by atoms with E-state index in [1.807, 2.05) is 19.2 Å². The van der Waals surface area contributed by atoms with Crippen molar-refractivity contribution in [2.45, 2.75) is 31.3 Å². The standard InChI is InChI=1S/C12H17N3O4S/c1-11(2,8-13-4-6-20-8)14-10(18)15-12(9(16)17)3-5-19-7-12/h4,6H,3,5,7H2,1-2H3,(H,16,17)(H2,14,15,18). The lowest BCUT2D eigenvalue weighted by molar-refractivity contribution is -0.144. The maximum Gasteiger partial charge on any atom is 0.332 e. The number of urea groups is 1. The van der Waals surface area contributed by atoms with E-state index in [-0.39, 0.29) is 13.0 Å². The SMILES string of the molecule is CC(C)(NC(=O)NC1(C(=O)O)CCOC1)c1nccs1. The number of aliphatic carboxylic acids is 1. The van der Waals surface area contributed by atoms with Crippen molar-refractivity contribution in [2.75, 3.05) is 13.2 Å². The van der Waals surface area contributed by atoms with Crippen molar-refractivity contribution in [1.82, 2.24) is 15.6 Å². The Labute approximate surface area is 120 Å².